The summed E-state index contributed by atoms with van der Waals surface area (Å²) in [5.74, 6) is -2.15. The Morgan fingerprint density at radius 1 is 1.17 bits per heavy atom. The lowest BCUT2D eigenvalue weighted by atomic mass is 10.0. The van der Waals surface area contributed by atoms with Crippen LogP contribution in [0.25, 0.3) is 0 Å². The molecule has 1 aromatic carbocycles. The molecular weight excluding hydrogens is 253 g/mol. The van der Waals surface area contributed by atoms with E-state index in [2.05, 4.69) is 4.74 Å². The molecule has 0 bridgehead atoms. The van der Waals surface area contributed by atoms with Crippen molar-refractivity contribution in [2.75, 3.05) is 7.11 Å². The van der Waals surface area contributed by atoms with Gasteiger partial charge in [0.2, 0.25) is 11.9 Å². The third kappa shape index (κ3) is 3.07. The van der Waals surface area contributed by atoms with E-state index in [1.54, 1.807) is 0 Å². The number of Topliss-reactive ketones (excluding diaryl/α,β-unsaturated/α-hetero) is 1. The fourth-order valence-electron chi connectivity index (χ4n) is 1.19. The highest BCUT2D eigenvalue weighted by Gasteiger charge is 2.43. The largest absolute Gasteiger partial charge is 0.465 e. The van der Waals surface area contributed by atoms with Crippen molar-refractivity contribution in [3.05, 3.63) is 35.4 Å². The molecule has 0 spiro atoms. The standard InChI is InChI=1S/C11H9F3O4/c1-18-10(17)7-4-2-6(3-5-7)8(15)9(16)11(12,13)14/h2-5,9,16H,1H3. The molecule has 1 rings (SSSR count). The third-order valence-corrected chi connectivity index (χ3v) is 2.15. The van der Waals surface area contributed by atoms with E-state index in [1.807, 2.05) is 0 Å². The quantitative estimate of drug-likeness (QED) is 0.663. The molecule has 0 aromatic heterocycles. The second-order valence-corrected chi connectivity index (χ2v) is 3.38. The van der Waals surface area contributed by atoms with Crippen LogP contribution >= 0.6 is 0 Å². The molecule has 0 radical (unpaired) electrons. The van der Waals surface area contributed by atoms with Gasteiger partial charge >= 0.3 is 12.1 Å². The third-order valence-electron chi connectivity index (χ3n) is 2.15. The van der Waals surface area contributed by atoms with E-state index in [9.17, 15) is 22.8 Å². The number of carbonyl (C=O) groups is 2. The van der Waals surface area contributed by atoms with Gasteiger partial charge in [0.1, 0.15) is 0 Å². The molecule has 1 atom stereocenters. The topological polar surface area (TPSA) is 63.6 Å². The molecule has 0 aliphatic rings. The summed E-state index contributed by atoms with van der Waals surface area (Å²) in [6.45, 7) is 0. The fraction of sp³-hybridized carbons (Fsp3) is 0.273. The van der Waals surface area contributed by atoms with Crippen LogP contribution in [-0.4, -0.2) is 36.2 Å². The van der Waals surface area contributed by atoms with Gasteiger partial charge in [0.15, 0.2) is 0 Å². The van der Waals surface area contributed by atoms with Crippen LogP contribution in [0.1, 0.15) is 20.7 Å². The van der Waals surface area contributed by atoms with Crippen LogP contribution in [0.4, 0.5) is 13.2 Å². The molecule has 0 aliphatic carbocycles. The highest BCUT2D eigenvalue weighted by Crippen LogP contribution is 2.23. The zero-order chi connectivity index (χ0) is 13.9. The molecule has 4 nitrogen and oxygen atoms in total. The van der Waals surface area contributed by atoms with Gasteiger partial charge in [0.05, 0.1) is 12.7 Å². The molecule has 98 valence electrons. The molecule has 1 unspecified atom stereocenters. The van der Waals surface area contributed by atoms with Crippen molar-refractivity contribution in [1.82, 2.24) is 0 Å². The Bertz CT molecular complexity index is 450. The highest BCUT2D eigenvalue weighted by molar-refractivity contribution is 6.00. The Kier molecular flexibility index (Phi) is 4.07. The maximum Gasteiger partial charge on any atom is 0.421 e. The zero-order valence-corrected chi connectivity index (χ0v) is 9.19. The summed E-state index contributed by atoms with van der Waals surface area (Å²) in [5.41, 5.74) is -0.247. The number of ketones is 1. The maximum absolute atomic E-state index is 12.1. The summed E-state index contributed by atoms with van der Waals surface area (Å²) in [4.78, 5) is 22.3. The summed E-state index contributed by atoms with van der Waals surface area (Å²) < 4.78 is 40.7. The van der Waals surface area contributed by atoms with Gasteiger partial charge in [0, 0.05) is 5.56 Å². The number of carbonyl (C=O) groups excluding carboxylic acids is 2. The average Bonchev–Trinajstić information content (AvgIpc) is 2.35. The lowest BCUT2D eigenvalue weighted by Crippen LogP contribution is -2.36. The first-order valence-electron chi connectivity index (χ1n) is 4.74. The summed E-state index contributed by atoms with van der Waals surface area (Å²) in [6, 6.07) is 4.32. The number of esters is 1. The van der Waals surface area contributed by atoms with Crippen LogP contribution in [0.15, 0.2) is 24.3 Å². The summed E-state index contributed by atoms with van der Waals surface area (Å²) in [7, 11) is 1.15. The van der Waals surface area contributed by atoms with Crippen molar-refractivity contribution in [3.8, 4) is 0 Å². The lowest BCUT2D eigenvalue weighted by molar-refractivity contribution is -0.186. The first-order chi connectivity index (χ1) is 8.27. The number of benzene rings is 1. The number of hydrogen-bond acceptors (Lipinski definition) is 4. The number of methoxy groups -OCH3 is 1. The van der Waals surface area contributed by atoms with E-state index < -0.39 is 24.0 Å². The van der Waals surface area contributed by atoms with E-state index in [0.717, 1.165) is 31.4 Å². The molecule has 1 aromatic rings. The van der Waals surface area contributed by atoms with Crippen LogP contribution in [-0.2, 0) is 4.74 Å². The summed E-state index contributed by atoms with van der Waals surface area (Å²) in [6.07, 6.45) is -8.08. The Morgan fingerprint density at radius 2 is 1.61 bits per heavy atom. The Morgan fingerprint density at radius 3 is 2.00 bits per heavy atom. The fourth-order valence-corrected chi connectivity index (χ4v) is 1.19. The number of rotatable bonds is 3. The van der Waals surface area contributed by atoms with Gasteiger partial charge < -0.3 is 9.84 Å². The first-order valence-corrected chi connectivity index (χ1v) is 4.74. The Balaban J connectivity index is 2.92. The second-order valence-electron chi connectivity index (χ2n) is 3.38. The Hall–Kier alpha value is -1.89. The smallest absolute Gasteiger partial charge is 0.421 e. The number of aliphatic hydroxyl groups is 1. The maximum atomic E-state index is 12.1. The predicted molar refractivity (Wildman–Crippen MR) is 54.2 cm³/mol. The molecule has 7 heteroatoms. The van der Waals surface area contributed by atoms with Crippen LogP contribution < -0.4 is 0 Å². The molecule has 0 fully saturated rings. The van der Waals surface area contributed by atoms with Crippen LogP contribution in [0, 0.1) is 0 Å². The van der Waals surface area contributed by atoms with Crippen molar-refractivity contribution >= 4 is 11.8 Å². The summed E-state index contributed by atoms with van der Waals surface area (Å²) >= 11 is 0. The first kappa shape index (κ1) is 14.2. The molecule has 0 aliphatic heterocycles. The van der Waals surface area contributed by atoms with E-state index in [-0.39, 0.29) is 11.1 Å². The van der Waals surface area contributed by atoms with Crippen molar-refractivity contribution < 1.29 is 32.6 Å². The molecule has 0 amide bonds. The van der Waals surface area contributed by atoms with Crippen LogP contribution in [0.5, 0.6) is 0 Å². The number of hydrogen-bond donors (Lipinski definition) is 1. The van der Waals surface area contributed by atoms with Crippen LogP contribution in [0.3, 0.4) is 0 Å². The minimum atomic E-state index is -5.02. The molecule has 0 saturated carbocycles. The van der Waals surface area contributed by atoms with Gasteiger partial charge in [-0.05, 0) is 12.1 Å². The number of halogens is 3. The van der Waals surface area contributed by atoms with Crippen molar-refractivity contribution in [1.29, 1.82) is 0 Å². The van der Waals surface area contributed by atoms with Crippen LogP contribution in [0.2, 0.25) is 0 Å². The van der Waals surface area contributed by atoms with Gasteiger partial charge in [-0.3, -0.25) is 4.79 Å². The minimum absolute atomic E-state index is 0.0931. The molecule has 0 heterocycles. The molecule has 18 heavy (non-hydrogen) atoms. The van der Waals surface area contributed by atoms with Crippen molar-refractivity contribution in [2.45, 2.75) is 12.3 Å². The number of ether oxygens (including phenoxy) is 1. The van der Waals surface area contributed by atoms with E-state index in [4.69, 9.17) is 5.11 Å². The van der Waals surface area contributed by atoms with E-state index >= 15 is 0 Å². The van der Waals surface area contributed by atoms with Crippen molar-refractivity contribution in [2.24, 2.45) is 0 Å². The van der Waals surface area contributed by atoms with Gasteiger partial charge in [-0.15, -0.1) is 0 Å². The zero-order valence-electron chi connectivity index (χ0n) is 9.19. The molecule has 0 saturated heterocycles. The molecular formula is C11H9F3O4. The average molecular weight is 262 g/mol. The van der Waals surface area contributed by atoms with Gasteiger partial charge in [-0.2, -0.15) is 13.2 Å². The monoisotopic (exact) mass is 262 g/mol. The van der Waals surface area contributed by atoms with Gasteiger partial charge in [-0.1, -0.05) is 12.1 Å². The van der Waals surface area contributed by atoms with Gasteiger partial charge in [0.25, 0.3) is 0 Å². The van der Waals surface area contributed by atoms with Crippen molar-refractivity contribution in [3.63, 3.8) is 0 Å². The SMILES string of the molecule is COC(=O)c1ccc(C(=O)C(O)C(F)(F)F)cc1. The Labute approximate surface area is 100.0 Å². The van der Waals surface area contributed by atoms with E-state index in [0.29, 0.717) is 0 Å². The normalized spacial score (nSPS) is 12.9. The van der Waals surface area contributed by atoms with E-state index in [1.165, 1.54) is 0 Å². The minimum Gasteiger partial charge on any atom is -0.465 e. The second kappa shape index (κ2) is 5.18. The number of aliphatic hydroxyl groups excluding tert-OH is 1. The molecule has 1 N–H and O–H groups in total. The predicted octanol–water partition coefficient (Wildman–Crippen LogP) is 1.58. The van der Waals surface area contributed by atoms with Gasteiger partial charge in [-0.25, -0.2) is 4.79 Å². The summed E-state index contributed by atoms with van der Waals surface area (Å²) in [5, 5.41) is 8.77. The number of alkyl halides is 3. The highest BCUT2D eigenvalue weighted by atomic mass is 19.4. The lowest BCUT2D eigenvalue weighted by Gasteiger charge is -2.13.